The number of aromatic nitrogens is 5. The third-order valence-electron chi connectivity index (χ3n) is 5.76. The molecule has 0 bridgehead atoms. The highest BCUT2D eigenvalue weighted by Crippen LogP contribution is 2.63. The molecule has 4 heterocycles. The minimum Gasteiger partial charge on any atom is -0.339 e. The molecule has 1 atom stereocenters. The molecular formula is C19H22N6O. The van der Waals surface area contributed by atoms with Gasteiger partial charge in [0.1, 0.15) is 0 Å². The Balaban J connectivity index is 1.36. The van der Waals surface area contributed by atoms with Crippen LogP contribution in [0.1, 0.15) is 42.5 Å². The van der Waals surface area contributed by atoms with Crippen molar-refractivity contribution in [2.45, 2.75) is 39.0 Å². The van der Waals surface area contributed by atoms with Crippen LogP contribution in [0.5, 0.6) is 0 Å². The van der Waals surface area contributed by atoms with Crippen molar-refractivity contribution in [2.24, 2.45) is 5.41 Å². The van der Waals surface area contributed by atoms with Gasteiger partial charge < -0.3 is 9.84 Å². The predicted octanol–water partition coefficient (Wildman–Crippen LogP) is 2.79. The smallest absolute Gasteiger partial charge is 0.230 e. The molecular weight excluding hydrogens is 328 g/mol. The summed E-state index contributed by atoms with van der Waals surface area (Å²) in [6.45, 7) is 6.18. The highest BCUT2D eigenvalue weighted by atomic mass is 16.5. The van der Waals surface area contributed by atoms with Crippen molar-refractivity contribution in [1.29, 1.82) is 0 Å². The van der Waals surface area contributed by atoms with Crippen molar-refractivity contribution >= 4 is 0 Å². The first-order valence-electron chi connectivity index (χ1n) is 9.19. The zero-order chi connectivity index (χ0) is 17.7. The van der Waals surface area contributed by atoms with E-state index < -0.39 is 0 Å². The van der Waals surface area contributed by atoms with Crippen molar-refractivity contribution in [3.05, 3.63) is 41.7 Å². The monoisotopic (exact) mass is 350 g/mol. The fourth-order valence-electron chi connectivity index (χ4n) is 4.17. The Morgan fingerprint density at radius 3 is 2.77 bits per heavy atom. The molecule has 1 spiro atoms. The molecule has 1 aliphatic heterocycles. The lowest BCUT2D eigenvalue weighted by atomic mass is 9.92. The first kappa shape index (κ1) is 15.7. The van der Waals surface area contributed by atoms with E-state index in [9.17, 15) is 0 Å². The second kappa shape index (κ2) is 5.74. The van der Waals surface area contributed by atoms with Gasteiger partial charge in [0.15, 0.2) is 5.82 Å². The number of aryl methyl sites for hydroxylation is 2. The zero-order valence-corrected chi connectivity index (χ0v) is 15.1. The van der Waals surface area contributed by atoms with Crippen LogP contribution < -0.4 is 5.32 Å². The maximum Gasteiger partial charge on any atom is 0.230 e. The second-order valence-electron chi connectivity index (χ2n) is 7.57. The number of pyridine rings is 1. The van der Waals surface area contributed by atoms with Gasteiger partial charge in [-0.3, -0.25) is 0 Å². The lowest BCUT2D eigenvalue weighted by Crippen LogP contribution is -2.29. The first-order valence-corrected chi connectivity index (χ1v) is 9.19. The molecule has 1 saturated carbocycles. The Morgan fingerprint density at radius 1 is 1.23 bits per heavy atom. The number of hydrogen-bond donors (Lipinski definition) is 1. The van der Waals surface area contributed by atoms with Gasteiger partial charge in [-0.1, -0.05) is 5.16 Å². The largest absolute Gasteiger partial charge is 0.339 e. The molecule has 7 heteroatoms. The van der Waals surface area contributed by atoms with Gasteiger partial charge in [-0.15, -0.1) is 0 Å². The van der Waals surface area contributed by atoms with Crippen LogP contribution in [0.25, 0.3) is 17.2 Å². The molecule has 0 aromatic carbocycles. The van der Waals surface area contributed by atoms with Crippen LogP contribution in [0.2, 0.25) is 0 Å². The number of nitrogens with zero attached hydrogens (tertiary/aromatic N) is 5. The summed E-state index contributed by atoms with van der Waals surface area (Å²) in [6, 6.07) is 5.95. The van der Waals surface area contributed by atoms with Gasteiger partial charge in [-0.05, 0) is 69.8 Å². The fourth-order valence-corrected chi connectivity index (χ4v) is 4.17. The summed E-state index contributed by atoms with van der Waals surface area (Å²) in [5.74, 6) is 2.61. The second-order valence-corrected chi connectivity index (χ2v) is 7.57. The van der Waals surface area contributed by atoms with Crippen molar-refractivity contribution in [3.8, 4) is 17.2 Å². The minimum absolute atomic E-state index is 0.395. The maximum absolute atomic E-state index is 5.58. The standard InChI is InChI=1S/C19H22N6O/c1-12-9-13(2)25(23-12)16-4-3-14(11-21-16)17-22-18(26-24-17)15-10-19(15)5-7-20-8-6-19/h3-4,9,11,15,20H,5-8,10H2,1-2H3. The Kier molecular flexibility index (Phi) is 3.46. The Labute approximate surface area is 151 Å². The molecule has 2 fully saturated rings. The highest BCUT2D eigenvalue weighted by Gasteiger charge is 2.57. The van der Waals surface area contributed by atoms with Crippen LogP contribution in [-0.4, -0.2) is 38.0 Å². The van der Waals surface area contributed by atoms with E-state index in [1.165, 1.54) is 19.3 Å². The normalized spacial score (nSPS) is 21.2. The van der Waals surface area contributed by atoms with E-state index in [-0.39, 0.29) is 0 Å². The van der Waals surface area contributed by atoms with Crippen molar-refractivity contribution in [3.63, 3.8) is 0 Å². The lowest BCUT2D eigenvalue weighted by Gasteiger charge is -2.22. The molecule has 5 rings (SSSR count). The van der Waals surface area contributed by atoms with Crippen LogP contribution in [0, 0.1) is 19.3 Å². The van der Waals surface area contributed by atoms with Gasteiger partial charge in [0.05, 0.1) is 5.69 Å². The Bertz CT molecular complexity index is 935. The summed E-state index contributed by atoms with van der Waals surface area (Å²) in [5, 5.41) is 12.1. The maximum atomic E-state index is 5.58. The molecule has 26 heavy (non-hydrogen) atoms. The molecule has 2 aliphatic rings. The molecule has 3 aromatic rings. The van der Waals surface area contributed by atoms with E-state index in [0.717, 1.165) is 41.7 Å². The summed E-state index contributed by atoms with van der Waals surface area (Å²) in [6.07, 6.45) is 5.36. The fraction of sp³-hybridized carbons (Fsp3) is 0.474. The Morgan fingerprint density at radius 2 is 2.08 bits per heavy atom. The number of nitrogens with one attached hydrogen (secondary N) is 1. The average Bonchev–Trinajstić information content (AvgIpc) is 3.00. The summed E-state index contributed by atoms with van der Waals surface area (Å²) in [4.78, 5) is 9.18. The third-order valence-corrected chi connectivity index (χ3v) is 5.76. The van der Waals surface area contributed by atoms with Crippen molar-refractivity contribution in [1.82, 2.24) is 30.2 Å². The number of rotatable bonds is 3. The van der Waals surface area contributed by atoms with Crippen LogP contribution in [-0.2, 0) is 0 Å². The molecule has 7 nitrogen and oxygen atoms in total. The Hall–Kier alpha value is -2.54. The van der Waals surface area contributed by atoms with Gasteiger partial charge in [-0.25, -0.2) is 9.67 Å². The van der Waals surface area contributed by atoms with Crippen molar-refractivity contribution < 1.29 is 4.52 Å². The lowest BCUT2D eigenvalue weighted by molar-refractivity contribution is 0.311. The molecule has 1 N–H and O–H groups in total. The first-order chi connectivity index (χ1) is 12.6. The highest BCUT2D eigenvalue weighted by molar-refractivity contribution is 5.54. The van der Waals surface area contributed by atoms with Crippen LogP contribution >= 0.6 is 0 Å². The predicted molar refractivity (Wildman–Crippen MR) is 96.0 cm³/mol. The van der Waals surface area contributed by atoms with E-state index in [2.05, 4.69) is 25.5 Å². The molecule has 3 aromatic heterocycles. The van der Waals surface area contributed by atoms with Crippen molar-refractivity contribution in [2.75, 3.05) is 13.1 Å². The van der Waals surface area contributed by atoms with Gasteiger partial charge in [0.25, 0.3) is 0 Å². The van der Waals surface area contributed by atoms with Gasteiger partial charge in [-0.2, -0.15) is 10.1 Å². The molecule has 1 aliphatic carbocycles. The van der Waals surface area contributed by atoms with E-state index in [0.29, 0.717) is 17.2 Å². The number of piperidine rings is 1. The van der Waals surface area contributed by atoms with Crippen LogP contribution in [0.3, 0.4) is 0 Å². The topological polar surface area (TPSA) is 81.7 Å². The molecule has 1 unspecified atom stereocenters. The van der Waals surface area contributed by atoms with E-state index >= 15 is 0 Å². The van der Waals surface area contributed by atoms with Gasteiger partial charge in [0.2, 0.25) is 11.7 Å². The summed E-state index contributed by atoms with van der Waals surface area (Å²) in [7, 11) is 0. The van der Waals surface area contributed by atoms with E-state index in [1.807, 2.05) is 36.7 Å². The molecule has 1 saturated heterocycles. The van der Waals surface area contributed by atoms with Crippen LogP contribution in [0.4, 0.5) is 0 Å². The summed E-state index contributed by atoms with van der Waals surface area (Å²) < 4.78 is 7.42. The summed E-state index contributed by atoms with van der Waals surface area (Å²) in [5.41, 5.74) is 3.30. The van der Waals surface area contributed by atoms with E-state index in [4.69, 9.17) is 4.52 Å². The SMILES string of the molecule is Cc1cc(C)n(-c2ccc(-c3noc(C4CC45CCNCC5)n3)cn2)n1. The van der Waals surface area contributed by atoms with Gasteiger partial charge >= 0.3 is 0 Å². The van der Waals surface area contributed by atoms with E-state index in [1.54, 1.807) is 6.20 Å². The molecule has 0 amide bonds. The quantitative estimate of drug-likeness (QED) is 0.782. The molecule has 0 radical (unpaired) electrons. The number of hydrogen-bond acceptors (Lipinski definition) is 6. The minimum atomic E-state index is 0.395. The molecule has 134 valence electrons. The summed E-state index contributed by atoms with van der Waals surface area (Å²) >= 11 is 0. The average molecular weight is 350 g/mol. The third kappa shape index (κ3) is 2.54. The van der Waals surface area contributed by atoms with Crippen LogP contribution in [0.15, 0.2) is 28.9 Å². The van der Waals surface area contributed by atoms with Gasteiger partial charge in [0, 0.05) is 23.4 Å². The zero-order valence-electron chi connectivity index (χ0n) is 15.1.